The fraction of sp³-hybridized carbons (Fsp3) is 0.719. The van der Waals surface area contributed by atoms with Crippen LogP contribution in [-0.4, -0.2) is 87.1 Å². The monoisotopic (exact) mass is 605 g/mol. The summed E-state index contributed by atoms with van der Waals surface area (Å²) in [6.07, 6.45) is 0.922. The average molecular weight is 606 g/mol. The van der Waals surface area contributed by atoms with Gasteiger partial charge in [0.15, 0.2) is 0 Å². The van der Waals surface area contributed by atoms with Crippen molar-refractivity contribution in [3.8, 4) is 5.75 Å². The summed E-state index contributed by atoms with van der Waals surface area (Å²) in [5, 5.41) is 2.95. The van der Waals surface area contributed by atoms with Gasteiger partial charge in [-0.15, -0.1) is 0 Å². The Hall–Kier alpha value is -2.92. The second kappa shape index (κ2) is 13.8. The molecule has 10 nitrogen and oxygen atoms in total. The molecule has 1 aromatic carbocycles. The topological polar surface area (TPSA) is 107 Å². The Labute approximate surface area is 254 Å². The Morgan fingerprint density at radius 3 is 2.58 bits per heavy atom. The number of cyclic esters (lactones) is 1. The van der Waals surface area contributed by atoms with E-state index in [0.717, 1.165) is 5.56 Å². The second-order valence-corrected chi connectivity index (χ2v) is 12.9. The number of hydrogen-bond acceptors (Lipinski definition) is 7. The van der Waals surface area contributed by atoms with Crippen molar-refractivity contribution >= 4 is 23.6 Å². The molecule has 3 amide bonds. The minimum Gasteiger partial charge on any atom is -0.493 e. The number of ether oxygens (including phenoxy) is 4. The van der Waals surface area contributed by atoms with Gasteiger partial charge < -0.3 is 34.1 Å². The second-order valence-electron chi connectivity index (χ2n) is 12.9. The van der Waals surface area contributed by atoms with Crippen molar-refractivity contribution in [1.82, 2.24) is 10.2 Å². The number of halogens is 1. The molecule has 2 bridgehead atoms. The van der Waals surface area contributed by atoms with Crippen LogP contribution in [0.2, 0.25) is 0 Å². The lowest BCUT2D eigenvalue weighted by Crippen LogP contribution is -2.56. The highest BCUT2D eigenvalue weighted by molar-refractivity contribution is 5.98. The first-order valence-electron chi connectivity index (χ1n) is 15.5. The van der Waals surface area contributed by atoms with Crippen molar-refractivity contribution in [1.29, 1.82) is 0 Å². The Morgan fingerprint density at radius 2 is 1.91 bits per heavy atom. The van der Waals surface area contributed by atoms with E-state index in [2.05, 4.69) is 5.32 Å². The number of piperidine rings is 1. The summed E-state index contributed by atoms with van der Waals surface area (Å²) >= 11 is 0. The van der Waals surface area contributed by atoms with Gasteiger partial charge in [-0.3, -0.25) is 9.59 Å². The van der Waals surface area contributed by atoms with Crippen LogP contribution in [0.5, 0.6) is 5.75 Å². The van der Waals surface area contributed by atoms with Crippen molar-refractivity contribution in [3.63, 3.8) is 0 Å². The third-order valence-electron chi connectivity index (χ3n) is 8.67. The lowest BCUT2D eigenvalue weighted by molar-refractivity contribution is -0.131. The quantitative estimate of drug-likeness (QED) is 0.350. The van der Waals surface area contributed by atoms with Crippen LogP contribution in [0, 0.1) is 23.6 Å². The van der Waals surface area contributed by atoms with E-state index in [1.807, 2.05) is 41.5 Å². The van der Waals surface area contributed by atoms with Gasteiger partial charge in [0, 0.05) is 63.9 Å². The van der Waals surface area contributed by atoms with E-state index in [9.17, 15) is 14.4 Å². The molecule has 2 saturated heterocycles. The number of benzene rings is 1. The summed E-state index contributed by atoms with van der Waals surface area (Å²) in [5.41, 5.74) is -0.0346. The molecule has 1 saturated carbocycles. The first-order valence-corrected chi connectivity index (χ1v) is 15.5. The number of anilines is 1. The number of amides is 3. The predicted molar refractivity (Wildman–Crippen MR) is 160 cm³/mol. The molecular weight excluding hydrogens is 557 g/mol. The van der Waals surface area contributed by atoms with E-state index in [1.165, 1.54) is 11.0 Å². The molecule has 3 fully saturated rings. The van der Waals surface area contributed by atoms with Gasteiger partial charge in [-0.2, -0.15) is 0 Å². The van der Waals surface area contributed by atoms with Gasteiger partial charge in [-0.25, -0.2) is 9.18 Å². The van der Waals surface area contributed by atoms with Crippen LogP contribution in [0.25, 0.3) is 0 Å². The molecule has 1 aromatic rings. The summed E-state index contributed by atoms with van der Waals surface area (Å²) in [6.45, 7) is 13.3. The van der Waals surface area contributed by atoms with Gasteiger partial charge in [0.05, 0.1) is 30.7 Å². The maximum absolute atomic E-state index is 16.0. The number of carbonyl (C=O) groups excluding carboxylic acids is 3. The summed E-state index contributed by atoms with van der Waals surface area (Å²) in [7, 11) is 1.63. The number of carbonyl (C=O) groups is 3. The van der Waals surface area contributed by atoms with E-state index in [1.54, 1.807) is 18.1 Å². The summed E-state index contributed by atoms with van der Waals surface area (Å²) < 4.78 is 38.6. The lowest BCUT2D eigenvalue weighted by Gasteiger charge is -2.41. The first-order chi connectivity index (χ1) is 20.4. The Kier molecular flexibility index (Phi) is 10.6. The van der Waals surface area contributed by atoms with Crippen LogP contribution in [0.3, 0.4) is 0 Å². The number of methoxy groups -OCH3 is 1. The maximum Gasteiger partial charge on any atom is 0.410 e. The molecule has 240 valence electrons. The molecule has 43 heavy (non-hydrogen) atoms. The molecule has 11 heteroatoms. The first kappa shape index (κ1) is 33.0. The summed E-state index contributed by atoms with van der Waals surface area (Å²) in [6, 6.07) is 2.50. The molecule has 1 N–H and O–H groups in total. The molecule has 1 aliphatic carbocycles. The number of nitrogens with one attached hydrogen (secondary N) is 1. The zero-order valence-electron chi connectivity index (χ0n) is 26.6. The molecule has 2 aliphatic heterocycles. The van der Waals surface area contributed by atoms with E-state index >= 15 is 4.39 Å². The SMILES string of the molecule is CCOC[C@@H](C)NC(=O)[C@H]1C[C@@H]2CN(C1)C(=O)OC(C)(C)C1CC1N(c1cc(OCCCOC)c(C(C)C)cc1F)C2=O. The number of rotatable bonds is 12. The Morgan fingerprint density at radius 1 is 1.16 bits per heavy atom. The highest BCUT2D eigenvalue weighted by Gasteiger charge is 2.57. The number of hydrogen-bond donors (Lipinski definition) is 1. The average Bonchev–Trinajstić information content (AvgIpc) is 3.76. The van der Waals surface area contributed by atoms with E-state index in [0.29, 0.717) is 45.0 Å². The van der Waals surface area contributed by atoms with Gasteiger partial charge in [0.2, 0.25) is 11.8 Å². The van der Waals surface area contributed by atoms with Crippen LogP contribution < -0.4 is 15.0 Å². The lowest BCUT2D eigenvalue weighted by atomic mass is 9.87. The maximum atomic E-state index is 16.0. The van der Waals surface area contributed by atoms with Crippen molar-refractivity contribution in [2.24, 2.45) is 17.8 Å². The standard InChI is InChI=1S/C32H48FN3O7/c1-8-41-18-20(4)34-29(37)21-12-22-17-35(16-21)31(39)43-32(5,6)24-14-26(24)36(30(22)38)27-15-28(42-11-9-10-40-7)23(19(2)3)13-25(27)33/h13,15,19-22,24,26H,8-12,14,16-18H2,1-7H3,(H,34,37)/t20-,21+,22-,24?,26?/m1/s1. The van der Waals surface area contributed by atoms with Gasteiger partial charge in [0.25, 0.3) is 0 Å². The zero-order valence-corrected chi connectivity index (χ0v) is 26.6. The molecule has 0 aromatic heterocycles. The minimum atomic E-state index is -0.901. The molecule has 0 radical (unpaired) electrons. The molecule has 2 heterocycles. The molecule has 0 spiro atoms. The third kappa shape index (κ3) is 7.60. The highest BCUT2D eigenvalue weighted by atomic mass is 19.1. The molecule has 2 unspecified atom stereocenters. The fourth-order valence-corrected chi connectivity index (χ4v) is 6.26. The van der Waals surface area contributed by atoms with Crippen LogP contribution in [0.1, 0.15) is 72.3 Å². The van der Waals surface area contributed by atoms with Gasteiger partial charge >= 0.3 is 6.09 Å². The van der Waals surface area contributed by atoms with Crippen LogP contribution in [-0.2, 0) is 23.8 Å². The van der Waals surface area contributed by atoms with E-state index < -0.39 is 29.3 Å². The largest absolute Gasteiger partial charge is 0.493 e. The molecular formula is C32H48FN3O7. The van der Waals surface area contributed by atoms with Crippen LogP contribution in [0.15, 0.2) is 12.1 Å². The minimum absolute atomic E-state index is 0.000895. The molecule has 5 atom stereocenters. The predicted octanol–water partition coefficient (Wildman–Crippen LogP) is 4.49. The Balaban J connectivity index is 1.69. The van der Waals surface area contributed by atoms with Gasteiger partial charge in [-0.1, -0.05) is 13.8 Å². The van der Waals surface area contributed by atoms with E-state index in [4.69, 9.17) is 18.9 Å². The Bertz CT molecular complexity index is 1180. The zero-order chi connectivity index (χ0) is 31.5. The smallest absolute Gasteiger partial charge is 0.410 e. The normalized spacial score (nSPS) is 25.6. The molecule has 4 rings (SSSR count). The van der Waals surface area contributed by atoms with Crippen LogP contribution in [0.4, 0.5) is 14.9 Å². The van der Waals surface area contributed by atoms with Gasteiger partial charge in [0.1, 0.15) is 17.2 Å². The highest BCUT2D eigenvalue weighted by Crippen LogP contribution is 2.50. The van der Waals surface area contributed by atoms with Crippen molar-refractivity contribution < 1.29 is 37.7 Å². The number of nitrogens with zero attached hydrogens (tertiary/aromatic N) is 2. The third-order valence-corrected chi connectivity index (χ3v) is 8.67. The van der Waals surface area contributed by atoms with Gasteiger partial charge in [-0.05, 0) is 58.1 Å². The van der Waals surface area contributed by atoms with Crippen molar-refractivity contribution in [2.75, 3.05) is 51.5 Å². The molecule has 3 aliphatic rings. The summed E-state index contributed by atoms with van der Waals surface area (Å²) in [5.74, 6) is -2.05. The van der Waals surface area contributed by atoms with Crippen LogP contribution >= 0.6 is 0 Å². The number of fused-ring (bicyclic) bond motifs is 3. The van der Waals surface area contributed by atoms with Crippen molar-refractivity contribution in [2.45, 2.75) is 84.4 Å². The fourth-order valence-electron chi connectivity index (χ4n) is 6.26. The van der Waals surface area contributed by atoms with E-state index in [-0.39, 0.29) is 60.9 Å². The summed E-state index contributed by atoms with van der Waals surface area (Å²) in [4.78, 5) is 44.0. The van der Waals surface area contributed by atoms with Crippen molar-refractivity contribution in [3.05, 3.63) is 23.5 Å².